The number of aromatic nitrogens is 1. The molecule has 7 nitrogen and oxygen atoms in total. The third-order valence-electron chi connectivity index (χ3n) is 7.42. The van der Waals surface area contributed by atoms with Crippen LogP contribution in [-0.2, 0) is 17.8 Å². The fourth-order valence-electron chi connectivity index (χ4n) is 5.15. The number of thiocarbonyl (C=S) groups is 1. The van der Waals surface area contributed by atoms with Gasteiger partial charge >= 0.3 is 0 Å². The molecule has 2 aliphatic rings. The molecule has 1 aromatic heterocycles. The molecule has 2 aliphatic heterocycles. The molecule has 0 unspecified atom stereocenters. The standard InChI is InChI=1S/C30H36N4O3S2/c1-4-5-17-33-27(32-15-8-6-7-9-16-32)24(21(2)25(20-31)28(33)35)19-26-29(36)34(30(38)39-26)18-14-22-10-12-23(37-3)13-11-22/h10-13,19H,4-9,14-18H2,1-3H3/b26-19-. The fourth-order valence-corrected chi connectivity index (χ4v) is 6.44. The Morgan fingerprint density at radius 3 is 2.41 bits per heavy atom. The summed E-state index contributed by atoms with van der Waals surface area (Å²) < 4.78 is 7.53. The normalized spacial score (nSPS) is 17.0. The highest BCUT2D eigenvalue weighted by atomic mass is 32.2. The molecule has 1 amide bonds. The van der Waals surface area contributed by atoms with Crippen LogP contribution in [0, 0.1) is 18.3 Å². The molecule has 3 heterocycles. The van der Waals surface area contributed by atoms with Gasteiger partial charge in [-0.25, -0.2) is 0 Å². The second-order valence-electron chi connectivity index (χ2n) is 9.99. The van der Waals surface area contributed by atoms with Crippen LogP contribution in [-0.4, -0.2) is 46.4 Å². The third kappa shape index (κ3) is 6.39. The molecule has 0 spiro atoms. The number of nitriles is 1. The van der Waals surface area contributed by atoms with Crippen molar-refractivity contribution in [1.82, 2.24) is 9.47 Å². The summed E-state index contributed by atoms with van der Waals surface area (Å²) >= 11 is 6.90. The van der Waals surface area contributed by atoms with E-state index >= 15 is 0 Å². The molecule has 2 aromatic rings. The largest absolute Gasteiger partial charge is 0.497 e. The average Bonchev–Trinajstić information content (AvgIpc) is 3.10. The number of anilines is 1. The molecular formula is C30H36N4O3S2. The number of nitrogens with zero attached hydrogens (tertiary/aromatic N) is 4. The van der Waals surface area contributed by atoms with Crippen LogP contribution in [0.3, 0.4) is 0 Å². The molecule has 0 aliphatic carbocycles. The lowest BCUT2D eigenvalue weighted by molar-refractivity contribution is -0.122. The highest BCUT2D eigenvalue weighted by molar-refractivity contribution is 8.26. The lowest BCUT2D eigenvalue weighted by Gasteiger charge is -2.29. The van der Waals surface area contributed by atoms with Gasteiger partial charge in [0.25, 0.3) is 11.5 Å². The summed E-state index contributed by atoms with van der Waals surface area (Å²) in [7, 11) is 1.64. The van der Waals surface area contributed by atoms with Gasteiger partial charge in [0.15, 0.2) is 0 Å². The van der Waals surface area contributed by atoms with Crippen LogP contribution in [0.4, 0.5) is 5.82 Å². The molecule has 4 rings (SSSR count). The second kappa shape index (κ2) is 13.3. The lowest BCUT2D eigenvalue weighted by atomic mass is 10.0. The maximum Gasteiger partial charge on any atom is 0.270 e. The van der Waals surface area contributed by atoms with Crippen molar-refractivity contribution in [2.24, 2.45) is 0 Å². The number of methoxy groups -OCH3 is 1. The van der Waals surface area contributed by atoms with E-state index in [1.807, 2.05) is 37.3 Å². The van der Waals surface area contributed by atoms with Gasteiger partial charge in [0, 0.05) is 31.7 Å². The van der Waals surface area contributed by atoms with E-state index in [9.17, 15) is 14.9 Å². The Labute approximate surface area is 240 Å². The van der Waals surface area contributed by atoms with Gasteiger partial charge in [-0.1, -0.05) is 62.3 Å². The van der Waals surface area contributed by atoms with Gasteiger partial charge < -0.3 is 9.64 Å². The maximum absolute atomic E-state index is 13.6. The minimum absolute atomic E-state index is 0.135. The summed E-state index contributed by atoms with van der Waals surface area (Å²) in [6.45, 7) is 6.63. The van der Waals surface area contributed by atoms with Gasteiger partial charge in [0.05, 0.1) is 12.0 Å². The fraction of sp³-hybridized carbons (Fsp3) is 0.467. The van der Waals surface area contributed by atoms with Crippen LogP contribution < -0.4 is 15.2 Å². The van der Waals surface area contributed by atoms with E-state index in [4.69, 9.17) is 17.0 Å². The zero-order valence-corrected chi connectivity index (χ0v) is 24.6. The zero-order chi connectivity index (χ0) is 27.9. The number of hydrogen-bond acceptors (Lipinski definition) is 7. The number of unbranched alkanes of at least 4 members (excludes halogenated alkanes) is 1. The molecule has 1 aromatic carbocycles. The van der Waals surface area contributed by atoms with Crippen molar-refractivity contribution in [2.45, 2.75) is 65.3 Å². The topological polar surface area (TPSA) is 78.6 Å². The number of rotatable bonds is 9. The SMILES string of the molecule is CCCCn1c(N2CCCCCC2)c(/C=C2\SC(=S)N(CCc3ccc(OC)cc3)C2=O)c(C)c(C#N)c1=O. The molecule has 0 bridgehead atoms. The molecule has 2 fully saturated rings. The van der Waals surface area contributed by atoms with Crippen LogP contribution in [0.25, 0.3) is 6.08 Å². The number of ether oxygens (including phenoxy) is 1. The van der Waals surface area contributed by atoms with Crippen LogP contribution in [0.1, 0.15) is 67.7 Å². The van der Waals surface area contributed by atoms with Crippen molar-refractivity contribution in [2.75, 3.05) is 31.6 Å². The maximum atomic E-state index is 13.6. The van der Waals surface area contributed by atoms with Crippen molar-refractivity contribution >= 4 is 46.1 Å². The summed E-state index contributed by atoms with van der Waals surface area (Å²) in [5.74, 6) is 1.49. The summed E-state index contributed by atoms with van der Waals surface area (Å²) in [5, 5.41) is 9.92. The van der Waals surface area contributed by atoms with Crippen LogP contribution >= 0.6 is 24.0 Å². The molecular weight excluding hydrogens is 528 g/mol. The average molecular weight is 565 g/mol. The minimum atomic E-state index is -0.244. The highest BCUT2D eigenvalue weighted by Crippen LogP contribution is 2.36. The smallest absolute Gasteiger partial charge is 0.270 e. The van der Waals surface area contributed by atoms with Gasteiger partial charge in [-0.2, -0.15) is 5.26 Å². The van der Waals surface area contributed by atoms with Crippen LogP contribution in [0.2, 0.25) is 0 Å². The van der Waals surface area contributed by atoms with Gasteiger partial charge in [0.1, 0.15) is 27.5 Å². The van der Waals surface area contributed by atoms with E-state index in [1.165, 1.54) is 11.8 Å². The second-order valence-corrected chi connectivity index (χ2v) is 11.7. The Bertz CT molecular complexity index is 1350. The number of hydrogen-bond donors (Lipinski definition) is 0. The van der Waals surface area contributed by atoms with E-state index in [1.54, 1.807) is 16.6 Å². The number of benzene rings is 1. The predicted molar refractivity (Wildman–Crippen MR) is 162 cm³/mol. The van der Waals surface area contributed by atoms with E-state index < -0.39 is 0 Å². The van der Waals surface area contributed by atoms with Crippen LogP contribution in [0.5, 0.6) is 5.75 Å². The third-order valence-corrected chi connectivity index (χ3v) is 8.80. The summed E-state index contributed by atoms with van der Waals surface area (Å²) in [6.07, 6.45) is 8.72. The first-order valence-electron chi connectivity index (χ1n) is 13.7. The predicted octanol–water partition coefficient (Wildman–Crippen LogP) is 5.66. The quantitative estimate of drug-likeness (QED) is 0.287. The van der Waals surface area contributed by atoms with E-state index in [0.717, 1.165) is 74.3 Å². The summed E-state index contributed by atoms with van der Waals surface area (Å²) in [5.41, 5.74) is 2.39. The summed E-state index contributed by atoms with van der Waals surface area (Å²) in [4.78, 5) is 31.5. The van der Waals surface area contributed by atoms with Crippen molar-refractivity contribution in [3.05, 3.63) is 61.8 Å². The number of amides is 1. The van der Waals surface area contributed by atoms with E-state index in [2.05, 4.69) is 17.9 Å². The first-order valence-corrected chi connectivity index (χ1v) is 14.9. The first-order chi connectivity index (χ1) is 18.9. The zero-order valence-electron chi connectivity index (χ0n) is 23.0. The van der Waals surface area contributed by atoms with Gasteiger partial charge in [-0.15, -0.1) is 0 Å². The van der Waals surface area contributed by atoms with Crippen molar-refractivity contribution < 1.29 is 9.53 Å². The lowest BCUT2D eigenvalue weighted by Crippen LogP contribution is -2.35. The van der Waals surface area contributed by atoms with Crippen molar-refractivity contribution in [3.63, 3.8) is 0 Å². The molecule has 0 radical (unpaired) electrons. The van der Waals surface area contributed by atoms with E-state index in [-0.39, 0.29) is 17.0 Å². The highest BCUT2D eigenvalue weighted by Gasteiger charge is 2.33. The van der Waals surface area contributed by atoms with Gasteiger partial charge in [-0.05, 0) is 61.9 Å². The Hall–Kier alpha value is -3.09. The van der Waals surface area contributed by atoms with Gasteiger partial charge in [0.2, 0.25) is 0 Å². The Morgan fingerprint density at radius 2 is 1.79 bits per heavy atom. The van der Waals surface area contributed by atoms with Crippen LogP contribution in [0.15, 0.2) is 34.0 Å². The number of carbonyl (C=O) groups excluding carboxylic acids is 1. The Morgan fingerprint density at radius 1 is 1.10 bits per heavy atom. The molecule has 0 atom stereocenters. The van der Waals surface area contributed by atoms with Gasteiger partial charge in [-0.3, -0.25) is 19.1 Å². The molecule has 206 valence electrons. The Kier molecular flexibility index (Phi) is 9.87. The number of carbonyl (C=O) groups is 1. The molecule has 0 N–H and O–H groups in total. The molecule has 9 heteroatoms. The molecule has 39 heavy (non-hydrogen) atoms. The van der Waals surface area contributed by atoms with E-state index in [0.29, 0.717) is 34.3 Å². The Balaban J connectivity index is 1.72. The summed E-state index contributed by atoms with van der Waals surface area (Å²) in [6, 6.07) is 9.95. The molecule has 0 saturated carbocycles. The number of thioether (sulfide) groups is 1. The number of pyridine rings is 1. The molecule has 2 saturated heterocycles. The monoisotopic (exact) mass is 564 g/mol. The minimum Gasteiger partial charge on any atom is -0.497 e. The first kappa shape index (κ1) is 28.9. The van der Waals surface area contributed by atoms with Crippen molar-refractivity contribution in [3.8, 4) is 11.8 Å². The van der Waals surface area contributed by atoms with Crippen molar-refractivity contribution in [1.29, 1.82) is 5.26 Å².